The molecule has 0 aliphatic carbocycles. The quantitative estimate of drug-likeness (QED) is 0.834. The van der Waals surface area contributed by atoms with Crippen molar-refractivity contribution < 1.29 is 13.2 Å². The van der Waals surface area contributed by atoms with E-state index in [0.717, 1.165) is 30.5 Å². The van der Waals surface area contributed by atoms with E-state index in [4.69, 9.17) is 0 Å². The Balaban J connectivity index is 1.97. The zero-order chi connectivity index (χ0) is 16.8. The lowest BCUT2D eigenvalue weighted by Crippen LogP contribution is -2.41. The predicted octanol–water partition coefficient (Wildman–Crippen LogP) is 2.55. The van der Waals surface area contributed by atoms with Crippen LogP contribution in [0.4, 0.5) is 5.69 Å². The van der Waals surface area contributed by atoms with Crippen LogP contribution in [0.15, 0.2) is 23.1 Å². The maximum Gasteiger partial charge on any atom is 0.243 e. The molecule has 2 aliphatic rings. The minimum absolute atomic E-state index is 0.00323. The normalized spacial score (nSPS) is 25.4. The van der Waals surface area contributed by atoms with Gasteiger partial charge in [0.25, 0.3) is 0 Å². The summed E-state index contributed by atoms with van der Waals surface area (Å²) in [5.41, 5.74) is 1.79. The van der Waals surface area contributed by atoms with Crippen molar-refractivity contribution >= 4 is 21.6 Å². The molecule has 0 bridgehead atoms. The molecular formula is C17H24N2O3S. The number of amides is 1. The third-order valence-electron chi connectivity index (χ3n) is 4.95. The molecule has 0 radical (unpaired) electrons. The largest absolute Gasteiger partial charge is 0.309 e. The highest BCUT2D eigenvalue weighted by Gasteiger charge is 2.34. The van der Waals surface area contributed by atoms with E-state index in [1.54, 1.807) is 34.3 Å². The first kappa shape index (κ1) is 16.5. The van der Waals surface area contributed by atoms with Gasteiger partial charge in [0, 0.05) is 31.2 Å². The van der Waals surface area contributed by atoms with Gasteiger partial charge >= 0.3 is 0 Å². The summed E-state index contributed by atoms with van der Waals surface area (Å²) in [7, 11) is -3.46. The Labute approximate surface area is 138 Å². The molecule has 0 N–H and O–H groups in total. The first-order valence-corrected chi connectivity index (χ1v) is 9.71. The topological polar surface area (TPSA) is 57.7 Å². The van der Waals surface area contributed by atoms with Gasteiger partial charge in [-0.2, -0.15) is 4.31 Å². The Bertz CT molecular complexity index is 729. The molecule has 126 valence electrons. The molecule has 5 nitrogen and oxygen atoms in total. The first-order chi connectivity index (χ1) is 10.8. The van der Waals surface area contributed by atoms with E-state index in [-0.39, 0.29) is 18.0 Å². The number of hydrogen-bond acceptors (Lipinski definition) is 3. The van der Waals surface area contributed by atoms with Gasteiger partial charge in [0.2, 0.25) is 15.9 Å². The maximum absolute atomic E-state index is 12.9. The van der Waals surface area contributed by atoms with Gasteiger partial charge in [-0.15, -0.1) is 0 Å². The monoisotopic (exact) mass is 336 g/mol. The maximum atomic E-state index is 12.9. The third kappa shape index (κ3) is 2.78. The predicted molar refractivity (Wildman–Crippen MR) is 90.0 cm³/mol. The second kappa shape index (κ2) is 5.91. The summed E-state index contributed by atoms with van der Waals surface area (Å²) in [5.74, 6) is -0.00323. The van der Waals surface area contributed by atoms with Crippen molar-refractivity contribution in [2.45, 2.75) is 63.4 Å². The van der Waals surface area contributed by atoms with Crippen molar-refractivity contribution in [3.05, 3.63) is 23.8 Å². The lowest BCUT2D eigenvalue weighted by Gasteiger charge is -2.32. The number of fused-ring (bicyclic) bond motifs is 1. The van der Waals surface area contributed by atoms with Crippen molar-refractivity contribution in [1.29, 1.82) is 0 Å². The van der Waals surface area contributed by atoms with E-state index in [9.17, 15) is 13.2 Å². The van der Waals surface area contributed by atoms with E-state index >= 15 is 0 Å². The van der Waals surface area contributed by atoms with E-state index < -0.39 is 10.0 Å². The van der Waals surface area contributed by atoms with Crippen molar-refractivity contribution in [3.63, 3.8) is 0 Å². The van der Waals surface area contributed by atoms with Crippen LogP contribution in [-0.4, -0.2) is 37.3 Å². The molecule has 6 heteroatoms. The van der Waals surface area contributed by atoms with Gasteiger partial charge in [-0.05, 0) is 56.9 Å². The Morgan fingerprint density at radius 3 is 2.57 bits per heavy atom. The first-order valence-electron chi connectivity index (χ1n) is 8.27. The molecule has 2 atom stereocenters. The molecule has 0 aromatic heterocycles. The SMILES string of the molecule is CC(=O)N1c2ccc(S(=O)(=O)N3CCCC[C@@H]3C)cc2C[C@H]1C. The molecule has 0 spiro atoms. The van der Waals surface area contributed by atoms with E-state index in [1.807, 2.05) is 13.8 Å². The van der Waals surface area contributed by atoms with Gasteiger partial charge < -0.3 is 4.90 Å². The highest BCUT2D eigenvalue weighted by atomic mass is 32.2. The molecule has 2 aliphatic heterocycles. The second-order valence-electron chi connectivity index (χ2n) is 6.69. The summed E-state index contributed by atoms with van der Waals surface area (Å²) in [6.45, 7) is 6.11. The fraction of sp³-hybridized carbons (Fsp3) is 0.588. The number of carbonyl (C=O) groups is 1. The number of anilines is 1. The number of rotatable bonds is 2. The zero-order valence-electron chi connectivity index (χ0n) is 13.9. The highest BCUT2D eigenvalue weighted by Crippen LogP contribution is 2.35. The number of benzene rings is 1. The van der Waals surface area contributed by atoms with E-state index in [0.29, 0.717) is 17.9 Å². The number of sulfonamides is 1. The molecule has 1 aromatic rings. The van der Waals surface area contributed by atoms with Gasteiger partial charge in [-0.1, -0.05) is 6.42 Å². The van der Waals surface area contributed by atoms with Crippen molar-refractivity contribution in [2.24, 2.45) is 0 Å². The zero-order valence-corrected chi connectivity index (χ0v) is 14.8. The summed E-state index contributed by atoms with van der Waals surface area (Å²) in [6.07, 6.45) is 3.62. The average Bonchev–Trinajstić information content (AvgIpc) is 2.82. The fourth-order valence-electron chi connectivity index (χ4n) is 3.81. The molecular weight excluding hydrogens is 312 g/mol. The molecule has 0 unspecified atom stereocenters. The second-order valence-corrected chi connectivity index (χ2v) is 8.58. The standard InChI is InChI=1S/C17H24N2O3S/c1-12-6-4-5-9-18(12)23(21,22)16-7-8-17-15(11-16)10-13(2)19(17)14(3)20/h7-8,11-13H,4-6,9-10H2,1-3H3/t12-,13+/m0/s1. The van der Waals surface area contributed by atoms with E-state index in [1.165, 1.54) is 0 Å². The summed E-state index contributed by atoms with van der Waals surface area (Å²) < 4.78 is 27.5. The average molecular weight is 336 g/mol. The molecule has 1 saturated heterocycles. The van der Waals surface area contributed by atoms with Gasteiger partial charge in [0.15, 0.2) is 0 Å². The van der Waals surface area contributed by atoms with Crippen molar-refractivity contribution in [2.75, 3.05) is 11.4 Å². The lowest BCUT2D eigenvalue weighted by atomic mass is 10.1. The van der Waals surface area contributed by atoms with E-state index in [2.05, 4.69) is 0 Å². The minimum Gasteiger partial charge on any atom is -0.309 e. The van der Waals surface area contributed by atoms with Crippen LogP contribution in [0.1, 0.15) is 45.6 Å². The van der Waals surface area contributed by atoms with Crippen LogP contribution < -0.4 is 4.90 Å². The Morgan fingerprint density at radius 1 is 1.17 bits per heavy atom. The molecule has 0 saturated carbocycles. The van der Waals surface area contributed by atoms with Crippen LogP contribution in [0.5, 0.6) is 0 Å². The summed E-state index contributed by atoms with van der Waals surface area (Å²) >= 11 is 0. The van der Waals surface area contributed by atoms with Crippen molar-refractivity contribution in [1.82, 2.24) is 4.31 Å². The summed E-state index contributed by atoms with van der Waals surface area (Å²) in [4.78, 5) is 13.9. The van der Waals surface area contributed by atoms with Gasteiger partial charge in [-0.25, -0.2) is 8.42 Å². The molecule has 1 fully saturated rings. The van der Waals surface area contributed by atoms with Gasteiger partial charge in [0.1, 0.15) is 0 Å². The number of carbonyl (C=O) groups excluding carboxylic acids is 1. The van der Waals surface area contributed by atoms with Gasteiger partial charge in [-0.3, -0.25) is 4.79 Å². The molecule has 23 heavy (non-hydrogen) atoms. The molecule has 2 heterocycles. The Kier molecular flexibility index (Phi) is 4.23. The van der Waals surface area contributed by atoms with Crippen molar-refractivity contribution in [3.8, 4) is 0 Å². The summed E-state index contributed by atoms with van der Waals surface area (Å²) in [5, 5.41) is 0. The van der Waals surface area contributed by atoms with Crippen LogP contribution >= 0.6 is 0 Å². The third-order valence-corrected chi connectivity index (χ3v) is 6.96. The number of hydrogen-bond donors (Lipinski definition) is 0. The molecule has 1 aromatic carbocycles. The minimum atomic E-state index is -3.46. The smallest absolute Gasteiger partial charge is 0.243 e. The van der Waals surface area contributed by atoms with Crippen LogP contribution in [0.25, 0.3) is 0 Å². The highest BCUT2D eigenvalue weighted by molar-refractivity contribution is 7.89. The summed E-state index contributed by atoms with van der Waals surface area (Å²) in [6, 6.07) is 5.31. The Morgan fingerprint density at radius 2 is 1.91 bits per heavy atom. The Hall–Kier alpha value is -1.40. The number of piperidine rings is 1. The van der Waals surface area contributed by atoms with Crippen LogP contribution in [-0.2, 0) is 21.2 Å². The number of nitrogens with zero attached hydrogens (tertiary/aromatic N) is 2. The van der Waals surface area contributed by atoms with Crippen LogP contribution in [0, 0.1) is 0 Å². The molecule has 1 amide bonds. The van der Waals surface area contributed by atoms with Gasteiger partial charge in [0.05, 0.1) is 4.90 Å². The lowest BCUT2D eigenvalue weighted by molar-refractivity contribution is -0.116. The van der Waals surface area contributed by atoms with Crippen LogP contribution in [0.2, 0.25) is 0 Å². The molecule has 3 rings (SSSR count). The fourth-order valence-corrected chi connectivity index (χ4v) is 5.56. The van der Waals surface area contributed by atoms with Crippen LogP contribution in [0.3, 0.4) is 0 Å².